The van der Waals surface area contributed by atoms with Crippen molar-refractivity contribution in [3.63, 3.8) is 0 Å². The van der Waals surface area contributed by atoms with Crippen molar-refractivity contribution < 1.29 is 4.79 Å². The molecule has 2 aromatic rings. The van der Waals surface area contributed by atoms with E-state index in [9.17, 15) is 4.79 Å². The third-order valence-electron chi connectivity index (χ3n) is 3.05. The highest BCUT2D eigenvalue weighted by Crippen LogP contribution is 2.34. The lowest BCUT2D eigenvalue weighted by Gasteiger charge is -2.10. The highest BCUT2D eigenvalue weighted by molar-refractivity contribution is 6.34. The predicted molar refractivity (Wildman–Crippen MR) is 83.7 cm³/mol. The average molecular weight is 324 g/mol. The van der Waals surface area contributed by atoms with Crippen molar-refractivity contribution in [3.8, 4) is 0 Å². The molecule has 1 aliphatic rings. The Morgan fingerprint density at radius 1 is 1.29 bits per heavy atom. The first-order chi connectivity index (χ1) is 10.1. The van der Waals surface area contributed by atoms with Gasteiger partial charge in [0.25, 0.3) is 0 Å². The van der Waals surface area contributed by atoms with Gasteiger partial charge in [0.15, 0.2) is 0 Å². The van der Waals surface area contributed by atoms with Gasteiger partial charge >= 0.3 is 0 Å². The van der Waals surface area contributed by atoms with Gasteiger partial charge in [-0.1, -0.05) is 23.2 Å². The van der Waals surface area contributed by atoms with Crippen molar-refractivity contribution in [1.82, 2.24) is 9.97 Å². The summed E-state index contributed by atoms with van der Waals surface area (Å²) in [6.45, 7) is 0. The summed E-state index contributed by atoms with van der Waals surface area (Å²) in [6.07, 6.45) is 1.84. The molecule has 3 rings (SSSR count). The van der Waals surface area contributed by atoms with Gasteiger partial charge in [-0.2, -0.15) is 4.98 Å². The Balaban J connectivity index is 1.92. The molecule has 1 aliphatic heterocycles. The maximum Gasteiger partial charge on any atom is 0.229 e. The largest absolute Gasteiger partial charge is 0.372 e. The zero-order valence-corrected chi connectivity index (χ0v) is 12.5. The lowest BCUT2D eigenvalue weighted by molar-refractivity contribution is -0.115. The molecule has 1 amide bonds. The van der Waals surface area contributed by atoms with Crippen molar-refractivity contribution in [3.05, 3.63) is 33.9 Å². The van der Waals surface area contributed by atoms with Crippen LogP contribution in [0.5, 0.6) is 0 Å². The summed E-state index contributed by atoms with van der Waals surface area (Å²) in [5, 5.41) is 9.58. The van der Waals surface area contributed by atoms with Crippen molar-refractivity contribution in [2.75, 3.05) is 23.0 Å². The molecule has 8 heteroatoms. The molecule has 21 heavy (non-hydrogen) atoms. The van der Waals surface area contributed by atoms with Gasteiger partial charge in [-0.05, 0) is 17.7 Å². The van der Waals surface area contributed by atoms with E-state index in [4.69, 9.17) is 23.2 Å². The van der Waals surface area contributed by atoms with E-state index in [2.05, 4.69) is 25.9 Å². The van der Waals surface area contributed by atoms with Crippen LogP contribution in [0.15, 0.2) is 18.3 Å². The molecule has 0 aliphatic carbocycles. The summed E-state index contributed by atoms with van der Waals surface area (Å²) in [5.74, 6) is 0.827. The number of fused-ring (bicyclic) bond motifs is 1. The lowest BCUT2D eigenvalue weighted by Crippen LogP contribution is -2.04. The third kappa shape index (κ3) is 2.72. The smallest absolute Gasteiger partial charge is 0.229 e. The van der Waals surface area contributed by atoms with E-state index >= 15 is 0 Å². The number of benzene rings is 1. The topological polar surface area (TPSA) is 78.9 Å². The Morgan fingerprint density at radius 3 is 2.86 bits per heavy atom. The highest BCUT2D eigenvalue weighted by Gasteiger charge is 2.20. The zero-order chi connectivity index (χ0) is 15.0. The summed E-state index contributed by atoms with van der Waals surface area (Å²) in [5.41, 5.74) is 2.24. The second-order valence-corrected chi connectivity index (χ2v) is 5.29. The van der Waals surface area contributed by atoms with E-state index in [1.807, 2.05) is 0 Å². The SMILES string of the molecule is CNc1nc(Nc2cc3c(cc2Cl)CC(=O)N3)ncc1Cl. The number of nitrogens with one attached hydrogen (secondary N) is 3. The van der Waals surface area contributed by atoms with E-state index in [1.54, 1.807) is 19.2 Å². The van der Waals surface area contributed by atoms with Crippen LogP contribution in [0, 0.1) is 0 Å². The van der Waals surface area contributed by atoms with Gasteiger partial charge < -0.3 is 16.0 Å². The van der Waals surface area contributed by atoms with E-state index in [0.717, 1.165) is 11.3 Å². The van der Waals surface area contributed by atoms with Crippen LogP contribution >= 0.6 is 23.2 Å². The number of amides is 1. The van der Waals surface area contributed by atoms with Crippen LogP contribution in [-0.2, 0) is 11.2 Å². The minimum absolute atomic E-state index is 0.0431. The van der Waals surface area contributed by atoms with Crippen LogP contribution in [-0.4, -0.2) is 22.9 Å². The molecule has 0 radical (unpaired) electrons. The second-order valence-electron chi connectivity index (χ2n) is 4.48. The summed E-state index contributed by atoms with van der Waals surface area (Å²) in [7, 11) is 1.72. The van der Waals surface area contributed by atoms with Gasteiger partial charge in [0.1, 0.15) is 10.8 Å². The summed E-state index contributed by atoms with van der Waals surface area (Å²) in [4.78, 5) is 19.7. The molecule has 0 fully saturated rings. The standard InChI is InChI=1S/C13H11Cl2N5O/c1-16-12-8(15)5-17-13(20-12)19-10-4-9-6(2-7(10)14)3-11(21)18-9/h2,4-5H,3H2,1H3,(H,18,21)(H2,16,17,19,20). The van der Waals surface area contributed by atoms with Crippen molar-refractivity contribution in [1.29, 1.82) is 0 Å². The number of hydrogen-bond acceptors (Lipinski definition) is 5. The molecule has 2 heterocycles. The van der Waals surface area contributed by atoms with E-state index in [0.29, 0.717) is 33.9 Å². The molecular weight excluding hydrogens is 313 g/mol. The summed E-state index contributed by atoms with van der Waals surface area (Å²) >= 11 is 12.1. The van der Waals surface area contributed by atoms with Gasteiger partial charge in [-0.25, -0.2) is 4.98 Å². The fourth-order valence-electron chi connectivity index (χ4n) is 2.06. The average Bonchev–Trinajstić information content (AvgIpc) is 2.80. The quantitative estimate of drug-likeness (QED) is 0.809. The van der Waals surface area contributed by atoms with Crippen LogP contribution in [0.2, 0.25) is 10.0 Å². The Kier molecular flexibility index (Phi) is 3.57. The first-order valence-electron chi connectivity index (χ1n) is 6.16. The first kappa shape index (κ1) is 13.9. The number of anilines is 4. The Labute approximate surface area is 130 Å². The van der Waals surface area contributed by atoms with Crippen LogP contribution in [0.3, 0.4) is 0 Å². The van der Waals surface area contributed by atoms with Gasteiger partial charge in [0.05, 0.1) is 23.3 Å². The highest BCUT2D eigenvalue weighted by atomic mass is 35.5. The van der Waals surface area contributed by atoms with Crippen LogP contribution < -0.4 is 16.0 Å². The number of hydrogen-bond donors (Lipinski definition) is 3. The first-order valence-corrected chi connectivity index (χ1v) is 6.92. The summed E-state index contributed by atoms with van der Waals surface area (Å²) in [6, 6.07) is 3.52. The van der Waals surface area contributed by atoms with Crippen LogP contribution in [0.4, 0.5) is 23.1 Å². The zero-order valence-electron chi connectivity index (χ0n) is 11.0. The molecule has 0 saturated heterocycles. The minimum Gasteiger partial charge on any atom is -0.372 e. The molecule has 0 bridgehead atoms. The van der Waals surface area contributed by atoms with Gasteiger partial charge in [-0.3, -0.25) is 4.79 Å². The molecule has 1 aromatic carbocycles. The molecule has 3 N–H and O–H groups in total. The molecule has 0 unspecified atom stereocenters. The summed E-state index contributed by atoms with van der Waals surface area (Å²) < 4.78 is 0. The Morgan fingerprint density at radius 2 is 2.10 bits per heavy atom. The Bertz CT molecular complexity index is 735. The predicted octanol–water partition coefficient (Wildman–Crippen LogP) is 3.06. The second kappa shape index (κ2) is 5.38. The normalized spacial score (nSPS) is 12.8. The van der Waals surface area contributed by atoms with Gasteiger partial charge in [-0.15, -0.1) is 0 Å². The maximum atomic E-state index is 11.4. The number of carbonyl (C=O) groups excluding carboxylic acids is 1. The Hall–Kier alpha value is -2.05. The van der Waals surface area contributed by atoms with Crippen molar-refractivity contribution in [2.45, 2.75) is 6.42 Å². The monoisotopic (exact) mass is 323 g/mol. The molecule has 0 saturated carbocycles. The molecule has 1 aromatic heterocycles. The van der Waals surface area contributed by atoms with Crippen molar-refractivity contribution in [2.24, 2.45) is 0 Å². The van der Waals surface area contributed by atoms with Gasteiger partial charge in [0.2, 0.25) is 11.9 Å². The molecule has 108 valence electrons. The number of halogens is 2. The molecule has 6 nitrogen and oxygen atoms in total. The molecule has 0 atom stereocenters. The number of rotatable bonds is 3. The lowest BCUT2D eigenvalue weighted by atomic mass is 10.1. The fraction of sp³-hybridized carbons (Fsp3) is 0.154. The van der Waals surface area contributed by atoms with Crippen molar-refractivity contribution >= 4 is 52.3 Å². The molecular formula is C13H11Cl2N5O. The fourth-order valence-corrected chi connectivity index (χ4v) is 2.48. The minimum atomic E-state index is -0.0431. The van der Waals surface area contributed by atoms with E-state index < -0.39 is 0 Å². The van der Waals surface area contributed by atoms with Crippen LogP contribution in [0.1, 0.15) is 5.56 Å². The van der Waals surface area contributed by atoms with Gasteiger partial charge in [0, 0.05) is 12.7 Å². The third-order valence-corrected chi connectivity index (χ3v) is 3.63. The number of carbonyl (C=O) groups is 1. The maximum absolute atomic E-state index is 11.4. The molecule has 0 spiro atoms. The van der Waals surface area contributed by atoms with E-state index in [1.165, 1.54) is 6.20 Å². The number of nitrogens with zero attached hydrogens (tertiary/aromatic N) is 2. The van der Waals surface area contributed by atoms with Crippen LogP contribution in [0.25, 0.3) is 0 Å². The number of aromatic nitrogens is 2. The van der Waals surface area contributed by atoms with E-state index in [-0.39, 0.29) is 5.91 Å².